The second kappa shape index (κ2) is 9.50. The molecule has 0 aliphatic carbocycles. The minimum Gasteiger partial charge on any atom is -0.480 e. The lowest BCUT2D eigenvalue weighted by Crippen LogP contribution is -2.54. The Morgan fingerprint density at radius 2 is 1.82 bits per heavy atom. The van der Waals surface area contributed by atoms with E-state index in [2.05, 4.69) is 10.6 Å². The van der Waals surface area contributed by atoms with Gasteiger partial charge in [0.25, 0.3) is 0 Å². The first-order valence-electron chi connectivity index (χ1n) is 6.73. The van der Waals surface area contributed by atoms with Crippen LogP contribution in [-0.4, -0.2) is 47.4 Å². The lowest BCUT2D eigenvalue weighted by Gasteiger charge is -2.22. The van der Waals surface area contributed by atoms with Gasteiger partial charge in [-0.25, -0.2) is 4.79 Å². The largest absolute Gasteiger partial charge is 0.480 e. The van der Waals surface area contributed by atoms with Gasteiger partial charge >= 0.3 is 5.97 Å². The predicted molar refractivity (Wildman–Crippen MR) is 78.3 cm³/mol. The number of nitrogens with one attached hydrogen (secondary N) is 2. The topological polar surface area (TPSA) is 165 Å². The zero-order valence-electron chi connectivity index (χ0n) is 12.5. The van der Waals surface area contributed by atoms with Crippen molar-refractivity contribution in [3.63, 3.8) is 0 Å². The molecule has 0 aromatic heterocycles. The number of hydrogen-bond donors (Lipinski definition) is 5. The maximum Gasteiger partial charge on any atom is 0.326 e. The number of primary amides is 1. The molecule has 0 aliphatic rings. The number of nitrogens with two attached hydrogens (primary N) is 2. The van der Waals surface area contributed by atoms with Crippen molar-refractivity contribution in [2.24, 2.45) is 17.4 Å². The van der Waals surface area contributed by atoms with Gasteiger partial charge in [0, 0.05) is 18.7 Å². The van der Waals surface area contributed by atoms with Crippen LogP contribution >= 0.6 is 0 Å². The number of rotatable bonds is 9. The van der Waals surface area contributed by atoms with Crippen molar-refractivity contribution in [3.05, 3.63) is 12.2 Å². The summed E-state index contributed by atoms with van der Waals surface area (Å²) in [6.07, 6.45) is 2.34. The van der Waals surface area contributed by atoms with Crippen LogP contribution < -0.4 is 22.1 Å². The third kappa shape index (κ3) is 7.39. The van der Waals surface area contributed by atoms with Crippen molar-refractivity contribution < 1.29 is 24.3 Å². The monoisotopic (exact) mass is 314 g/mol. The van der Waals surface area contributed by atoms with Crippen LogP contribution in [0.1, 0.15) is 20.3 Å². The number of carboxylic acids is 1. The molecule has 0 heterocycles. The Morgan fingerprint density at radius 1 is 1.23 bits per heavy atom. The van der Waals surface area contributed by atoms with Crippen LogP contribution in [0.4, 0.5) is 0 Å². The Morgan fingerprint density at radius 3 is 2.27 bits per heavy atom. The van der Waals surface area contributed by atoms with Crippen LogP contribution in [0, 0.1) is 5.92 Å². The quantitative estimate of drug-likeness (QED) is 0.311. The molecule has 7 N–H and O–H groups in total. The zero-order valence-corrected chi connectivity index (χ0v) is 12.5. The van der Waals surface area contributed by atoms with Crippen molar-refractivity contribution >= 4 is 23.7 Å². The molecule has 3 amide bonds. The number of amides is 3. The van der Waals surface area contributed by atoms with E-state index in [0.29, 0.717) is 6.42 Å². The summed E-state index contributed by atoms with van der Waals surface area (Å²) < 4.78 is 0. The number of hydrogen-bond acceptors (Lipinski definition) is 5. The van der Waals surface area contributed by atoms with Gasteiger partial charge in [-0.15, -0.1) is 0 Å². The molecule has 124 valence electrons. The normalized spacial score (nSPS) is 14.9. The van der Waals surface area contributed by atoms with Crippen molar-refractivity contribution in [3.8, 4) is 0 Å². The molecule has 0 aromatic carbocycles. The molecule has 0 aliphatic heterocycles. The van der Waals surface area contributed by atoms with Gasteiger partial charge < -0.3 is 27.2 Å². The molecular weight excluding hydrogens is 292 g/mol. The average Bonchev–Trinajstić information content (AvgIpc) is 2.46. The Labute approximate surface area is 128 Å². The lowest BCUT2D eigenvalue weighted by atomic mass is 9.99. The molecule has 0 saturated heterocycles. The van der Waals surface area contributed by atoms with E-state index in [9.17, 15) is 19.2 Å². The van der Waals surface area contributed by atoms with Crippen LogP contribution in [0.25, 0.3) is 0 Å². The SMILES string of the molecule is CCC(C)C(NC(=O)C(N)CNC(=O)C=CC(N)=O)C(=O)O. The number of carbonyl (C=O) groups is 4. The first-order chi connectivity index (χ1) is 10.2. The van der Waals surface area contributed by atoms with E-state index in [0.717, 1.165) is 12.2 Å². The van der Waals surface area contributed by atoms with Crippen molar-refractivity contribution in [2.45, 2.75) is 32.4 Å². The minimum absolute atomic E-state index is 0.208. The molecule has 3 unspecified atom stereocenters. The predicted octanol–water partition coefficient (Wildman–Crippen LogP) is -1.91. The maximum atomic E-state index is 11.8. The van der Waals surface area contributed by atoms with Crippen LogP contribution in [0.2, 0.25) is 0 Å². The lowest BCUT2D eigenvalue weighted by molar-refractivity contribution is -0.143. The summed E-state index contributed by atoms with van der Waals surface area (Å²) in [5.74, 6) is -3.52. The fraction of sp³-hybridized carbons (Fsp3) is 0.538. The third-order valence-corrected chi connectivity index (χ3v) is 3.01. The third-order valence-electron chi connectivity index (χ3n) is 3.01. The smallest absolute Gasteiger partial charge is 0.326 e. The van der Waals surface area contributed by atoms with Gasteiger partial charge in [0.2, 0.25) is 17.7 Å². The minimum atomic E-state index is -1.15. The van der Waals surface area contributed by atoms with Gasteiger partial charge in [0.1, 0.15) is 12.1 Å². The van der Waals surface area contributed by atoms with Crippen molar-refractivity contribution in [1.29, 1.82) is 0 Å². The molecular formula is C13H22N4O5. The van der Waals surface area contributed by atoms with Gasteiger partial charge in [-0.3, -0.25) is 14.4 Å². The van der Waals surface area contributed by atoms with Crippen LogP contribution in [0.15, 0.2) is 12.2 Å². The van der Waals surface area contributed by atoms with Gasteiger partial charge in [0.15, 0.2) is 0 Å². The second-order valence-electron chi connectivity index (χ2n) is 4.80. The molecule has 9 heteroatoms. The molecule has 9 nitrogen and oxygen atoms in total. The highest BCUT2D eigenvalue weighted by Gasteiger charge is 2.27. The van der Waals surface area contributed by atoms with Gasteiger partial charge in [0.05, 0.1) is 0 Å². The summed E-state index contributed by atoms with van der Waals surface area (Å²) in [6.45, 7) is 3.29. The average molecular weight is 314 g/mol. The Balaban J connectivity index is 4.45. The molecule has 0 fully saturated rings. The Kier molecular flexibility index (Phi) is 8.46. The summed E-state index contributed by atoms with van der Waals surface area (Å²) in [5.41, 5.74) is 10.4. The van der Waals surface area contributed by atoms with Crippen molar-refractivity contribution in [1.82, 2.24) is 10.6 Å². The maximum absolute atomic E-state index is 11.8. The highest BCUT2D eigenvalue weighted by molar-refractivity contribution is 5.96. The van der Waals surface area contributed by atoms with Gasteiger partial charge in [-0.1, -0.05) is 20.3 Å². The van der Waals surface area contributed by atoms with E-state index >= 15 is 0 Å². The van der Waals surface area contributed by atoms with Crippen molar-refractivity contribution in [2.75, 3.05) is 6.54 Å². The summed E-state index contributed by atoms with van der Waals surface area (Å²) >= 11 is 0. The standard InChI is InChI=1S/C13H22N4O5/c1-3-7(2)11(13(21)22)17-12(20)8(14)6-16-10(19)5-4-9(15)18/h4-5,7-8,11H,3,6,14H2,1-2H3,(H2,15,18)(H,16,19)(H,17,20)(H,21,22). The number of carboxylic acid groups (broad SMARTS) is 1. The van der Waals surface area contributed by atoms with Gasteiger partial charge in [-0.05, 0) is 5.92 Å². The molecule has 22 heavy (non-hydrogen) atoms. The van der Waals surface area contributed by atoms with Crippen LogP contribution in [0.5, 0.6) is 0 Å². The summed E-state index contributed by atoms with van der Waals surface area (Å²) in [5, 5.41) is 13.7. The Bertz CT molecular complexity index is 463. The Hall–Kier alpha value is -2.42. The highest BCUT2D eigenvalue weighted by Crippen LogP contribution is 2.07. The molecule has 0 saturated carbocycles. The number of aliphatic carboxylic acids is 1. The molecule has 0 aromatic rings. The second-order valence-corrected chi connectivity index (χ2v) is 4.80. The van der Waals surface area contributed by atoms with E-state index in [4.69, 9.17) is 16.6 Å². The first-order valence-corrected chi connectivity index (χ1v) is 6.73. The van der Waals surface area contributed by atoms with Gasteiger partial charge in [-0.2, -0.15) is 0 Å². The molecule has 0 spiro atoms. The fourth-order valence-electron chi connectivity index (χ4n) is 1.46. The number of carbonyl (C=O) groups excluding carboxylic acids is 3. The summed E-state index contributed by atoms with van der Waals surface area (Å²) in [4.78, 5) is 44.6. The molecule has 3 atom stereocenters. The highest BCUT2D eigenvalue weighted by atomic mass is 16.4. The molecule has 0 bridgehead atoms. The summed E-state index contributed by atoms with van der Waals surface area (Å²) in [7, 11) is 0. The molecule has 0 rings (SSSR count). The van der Waals surface area contributed by atoms with E-state index in [1.807, 2.05) is 0 Å². The van der Waals surface area contributed by atoms with E-state index in [-0.39, 0.29) is 12.5 Å². The zero-order chi connectivity index (χ0) is 17.3. The summed E-state index contributed by atoms with van der Waals surface area (Å²) in [6, 6.07) is -2.16. The van der Waals surface area contributed by atoms with Crippen LogP contribution in [0.3, 0.4) is 0 Å². The van der Waals surface area contributed by atoms with E-state index < -0.39 is 35.8 Å². The van der Waals surface area contributed by atoms with E-state index in [1.165, 1.54) is 0 Å². The van der Waals surface area contributed by atoms with E-state index in [1.54, 1.807) is 13.8 Å². The first kappa shape index (κ1) is 19.6. The fourth-order valence-corrected chi connectivity index (χ4v) is 1.46. The molecule has 0 radical (unpaired) electrons. The van der Waals surface area contributed by atoms with Crippen LogP contribution in [-0.2, 0) is 19.2 Å².